The van der Waals surface area contributed by atoms with E-state index >= 15 is 0 Å². The van der Waals surface area contributed by atoms with Crippen molar-refractivity contribution in [1.29, 1.82) is 0 Å². The van der Waals surface area contributed by atoms with Gasteiger partial charge in [-0.25, -0.2) is 4.79 Å². The third-order valence-electron chi connectivity index (χ3n) is 7.91. The van der Waals surface area contributed by atoms with Crippen LogP contribution < -0.4 is 26.0 Å². The van der Waals surface area contributed by atoms with Gasteiger partial charge in [0.25, 0.3) is 11.8 Å². The lowest BCUT2D eigenvalue weighted by Crippen LogP contribution is -2.49. The summed E-state index contributed by atoms with van der Waals surface area (Å²) in [5.74, 6) is -0.275. The van der Waals surface area contributed by atoms with Gasteiger partial charge in [0, 0.05) is 33.8 Å². The summed E-state index contributed by atoms with van der Waals surface area (Å²) in [6, 6.07) is 16.2. The molecule has 1 aliphatic heterocycles. The van der Waals surface area contributed by atoms with Crippen molar-refractivity contribution < 1.29 is 23.9 Å². The van der Waals surface area contributed by atoms with Crippen LogP contribution in [0.1, 0.15) is 93.4 Å². The molecule has 48 heavy (non-hydrogen) atoms. The zero-order chi connectivity index (χ0) is 35.4. The number of carbonyl (C=O) groups is 3. The number of unbranched alkanes of at least 4 members (excludes halogenated alkanes) is 2. The van der Waals surface area contributed by atoms with Crippen LogP contribution in [0.25, 0.3) is 0 Å². The molecule has 1 atom stereocenters. The predicted octanol–water partition coefficient (Wildman–Crippen LogP) is 7.52. The van der Waals surface area contributed by atoms with Crippen LogP contribution in [0.2, 0.25) is 10.0 Å². The first kappa shape index (κ1) is 37.0. The van der Waals surface area contributed by atoms with Gasteiger partial charge in [0.1, 0.15) is 11.4 Å². The van der Waals surface area contributed by atoms with Gasteiger partial charge in [-0.05, 0) is 84.6 Å². The maximum Gasteiger partial charge on any atom is 0.407 e. The molecule has 0 spiro atoms. The molecule has 1 heterocycles. The number of methoxy groups -OCH3 is 1. The minimum atomic E-state index is -1.81. The number of hydrogen-bond donors (Lipinski definition) is 3. The SMILES string of the molecule is COc1ccccc1CN1C(=O)C(N)(c2ccccc2Cl)c2c1cc(CCCCCNC(=O)OC(C)(C)C)c(Cl)c2C(=O)NC(C)(C)C. The van der Waals surface area contributed by atoms with Gasteiger partial charge in [-0.3, -0.25) is 9.59 Å². The lowest BCUT2D eigenvalue weighted by Gasteiger charge is -2.28. The first-order valence-corrected chi connectivity index (χ1v) is 16.9. The predicted molar refractivity (Wildman–Crippen MR) is 191 cm³/mol. The molecular formula is C37H46Cl2N4O5. The van der Waals surface area contributed by atoms with E-state index in [0.29, 0.717) is 52.5 Å². The van der Waals surface area contributed by atoms with Crippen molar-refractivity contribution in [3.8, 4) is 5.75 Å². The Kier molecular flexibility index (Phi) is 11.4. The van der Waals surface area contributed by atoms with Crippen LogP contribution in [0.15, 0.2) is 54.6 Å². The third kappa shape index (κ3) is 8.25. The normalized spacial score (nSPS) is 16.0. The van der Waals surface area contributed by atoms with Crippen molar-refractivity contribution in [2.24, 2.45) is 5.73 Å². The zero-order valence-corrected chi connectivity index (χ0v) is 30.3. The van der Waals surface area contributed by atoms with Crippen molar-refractivity contribution in [1.82, 2.24) is 10.6 Å². The first-order chi connectivity index (χ1) is 22.5. The Hall–Kier alpha value is -3.79. The first-order valence-electron chi connectivity index (χ1n) is 16.1. The largest absolute Gasteiger partial charge is 0.496 e. The van der Waals surface area contributed by atoms with Crippen LogP contribution in [-0.4, -0.2) is 42.7 Å². The number of anilines is 1. The number of nitrogens with zero attached hydrogens (tertiary/aromatic N) is 1. The van der Waals surface area contributed by atoms with Gasteiger partial charge in [-0.2, -0.15) is 0 Å². The van der Waals surface area contributed by atoms with Crippen molar-refractivity contribution >= 4 is 46.8 Å². The molecule has 0 bridgehead atoms. The van der Waals surface area contributed by atoms with Crippen molar-refractivity contribution in [2.45, 2.75) is 90.4 Å². The van der Waals surface area contributed by atoms with Gasteiger partial charge in [0.05, 0.1) is 29.9 Å². The Labute approximate surface area is 293 Å². The van der Waals surface area contributed by atoms with Crippen molar-refractivity contribution in [2.75, 3.05) is 18.6 Å². The minimum Gasteiger partial charge on any atom is -0.496 e. The van der Waals surface area contributed by atoms with Crippen LogP contribution >= 0.6 is 23.2 Å². The highest BCUT2D eigenvalue weighted by atomic mass is 35.5. The highest BCUT2D eigenvalue weighted by Crippen LogP contribution is 2.50. The van der Waals surface area contributed by atoms with Gasteiger partial charge in [0.15, 0.2) is 5.54 Å². The highest BCUT2D eigenvalue weighted by molar-refractivity contribution is 6.36. The molecule has 0 saturated carbocycles. The maximum atomic E-state index is 14.7. The summed E-state index contributed by atoms with van der Waals surface area (Å²) in [4.78, 5) is 42.5. The average Bonchev–Trinajstić information content (AvgIpc) is 3.19. The van der Waals surface area contributed by atoms with E-state index in [1.807, 2.05) is 71.9 Å². The topological polar surface area (TPSA) is 123 Å². The zero-order valence-electron chi connectivity index (χ0n) is 28.8. The summed E-state index contributed by atoms with van der Waals surface area (Å²) in [5.41, 5.74) is 6.97. The lowest BCUT2D eigenvalue weighted by atomic mass is 9.81. The summed E-state index contributed by atoms with van der Waals surface area (Å²) >= 11 is 13.9. The summed E-state index contributed by atoms with van der Waals surface area (Å²) < 4.78 is 10.9. The van der Waals surface area contributed by atoms with Gasteiger partial charge in [-0.15, -0.1) is 0 Å². The minimum absolute atomic E-state index is 0.136. The molecule has 0 aliphatic carbocycles. The molecule has 4 rings (SSSR count). The van der Waals surface area contributed by atoms with Gasteiger partial charge >= 0.3 is 6.09 Å². The molecule has 0 saturated heterocycles. The number of benzene rings is 3. The number of nitrogens with two attached hydrogens (primary N) is 1. The van der Waals surface area contributed by atoms with Crippen LogP contribution in [0.3, 0.4) is 0 Å². The Balaban J connectivity index is 1.79. The number of fused-ring (bicyclic) bond motifs is 1. The van der Waals surface area contributed by atoms with E-state index in [1.54, 1.807) is 36.3 Å². The summed E-state index contributed by atoms with van der Waals surface area (Å²) in [6.45, 7) is 11.7. The van der Waals surface area contributed by atoms with Gasteiger partial charge in [-0.1, -0.05) is 66.0 Å². The second kappa shape index (κ2) is 14.8. The molecule has 11 heteroatoms. The number of halogens is 2. The molecule has 3 aromatic rings. The average molecular weight is 698 g/mol. The van der Waals surface area contributed by atoms with E-state index in [-0.39, 0.29) is 17.1 Å². The fraction of sp³-hybridized carbons (Fsp3) is 0.432. The molecular weight excluding hydrogens is 651 g/mol. The Bertz CT molecular complexity index is 1680. The van der Waals surface area contributed by atoms with E-state index in [0.717, 1.165) is 18.4 Å². The second-order valence-corrected chi connectivity index (χ2v) is 14.8. The number of rotatable bonds is 11. The Morgan fingerprint density at radius 3 is 2.25 bits per heavy atom. The summed E-state index contributed by atoms with van der Waals surface area (Å²) in [5, 5.41) is 6.34. The van der Waals surface area contributed by atoms with Crippen molar-refractivity contribution in [3.05, 3.63) is 92.5 Å². The number of nitrogens with one attached hydrogen (secondary N) is 2. The molecule has 1 aliphatic rings. The number of carbonyl (C=O) groups excluding carboxylic acids is 3. The monoisotopic (exact) mass is 696 g/mol. The third-order valence-corrected chi connectivity index (χ3v) is 8.67. The Morgan fingerprint density at radius 1 is 0.938 bits per heavy atom. The molecule has 3 aromatic carbocycles. The fourth-order valence-electron chi connectivity index (χ4n) is 5.85. The van der Waals surface area contributed by atoms with Crippen LogP contribution in [-0.2, 0) is 28.0 Å². The van der Waals surface area contributed by atoms with Crippen LogP contribution in [0.5, 0.6) is 5.75 Å². The number of ether oxygens (including phenoxy) is 2. The molecule has 4 N–H and O–H groups in total. The molecule has 9 nitrogen and oxygen atoms in total. The number of para-hydroxylation sites is 1. The van der Waals surface area contributed by atoms with E-state index < -0.39 is 34.6 Å². The van der Waals surface area contributed by atoms with Gasteiger partial charge in [0.2, 0.25) is 0 Å². The highest BCUT2D eigenvalue weighted by Gasteiger charge is 2.53. The Morgan fingerprint density at radius 2 is 1.60 bits per heavy atom. The number of alkyl carbamates (subject to hydrolysis) is 1. The molecule has 0 radical (unpaired) electrons. The second-order valence-electron chi connectivity index (χ2n) is 14.1. The standard InChI is InChI=1S/C37H46Cl2N4O5/c1-35(2,3)42-32(44)29-30-27(21-23(31(29)39)15-9-8-14-20-41-34(46)48-36(4,5)6)43(22-24-16-10-13-19-28(24)47-7)33(45)37(30,40)25-17-11-12-18-26(25)38/h10-13,16-19,21H,8-9,14-15,20,22,40H2,1-7H3,(H,41,46)(H,42,44). The number of aryl methyl sites for hydroxylation is 1. The van der Waals surface area contributed by atoms with Crippen LogP contribution in [0, 0.1) is 0 Å². The fourth-order valence-corrected chi connectivity index (χ4v) is 6.47. The number of amides is 3. The van der Waals surface area contributed by atoms with Crippen LogP contribution in [0.4, 0.5) is 10.5 Å². The van der Waals surface area contributed by atoms with E-state index in [9.17, 15) is 14.4 Å². The van der Waals surface area contributed by atoms with E-state index in [4.69, 9.17) is 38.4 Å². The maximum absolute atomic E-state index is 14.7. The molecule has 1 unspecified atom stereocenters. The summed E-state index contributed by atoms with van der Waals surface area (Å²) in [7, 11) is 1.57. The molecule has 258 valence electrons. The quantitative estimate of drug-likeness (QED) is 0.178. The lowest BCUT2D eigenvalue weighted by molar-refractivity contribution is -0.121. The molecule has 0 fully saturated rings. The molecule has 3 amide bonds. The number of hydrogen-bond acceptors (Lipinski definition) is 6. The molecule has 0 aromatic heterocycles. The van der Waals surface area contributed by atoms with E-state index in [1.165, 1.54) is 0 Å². The smallest absolute Gasteiger partial charge is 0.407 e. The van der Waals surface area contributed by atoms with Crippen molar-refractivity contribution in [3.63, 3.8) is 0 Å². The van der Waals surface area contributed by atoms with E-state index in [2.05, 4.69) is 10.6 Å². The summed E-state index contributed by atoms with van der Waals surface area (Å²) in [6.07, 6.45) is 2.28. The van der Waals surface area contributed by atoms with Gasteiger partial charge < -0.3 is 30.7 Å².